The predicted molar refractivity (Wildman–Crippen MR) is 77.5 cm³/mol. The highest BCUT2D eigenvalue weighted by atomic mass is 16.2. The van der Waals surface area contributed by atoms with Gasteiger partial charge in [-0.2, -0.15) is 0 Å². The summed E-state index contributed by atoms with van der Waals surface area (Å²) in [7, 11) is 0. The number of amides is 1. The molecule has 0 unspecified atom stereocenters. The monoisotopic (exact) mass is 284 g/mol. The van der Waals surface area contributed by atoms with Crippen molar-refractivity contribution in [1.82, 2.24) is 20.3 Å². The van der Waals surface area contributed by atoms with Crippen molar-refractivity contribution in [3.63, 3.8) is 0 Å². The number of aliphatic hydroxyl groups excluding tert-OH is 1. The summed E-state index contributed by atoms with van der Waals surface area (Å²) in [5.74, 6) is 5.26. The third kappa shape index (κ3) is 4.16. The summed E-state index contributed by atoms with van der Waals surface area (Å²) in [5.41, 5.74) is 2.25. The zero-order chi connectivity index (χ0) is 15.1. The van der Waals surface area contributed by atoms with Crippen molar-refractivity contribution in [2.24, 2.45) is 0 Å². The number of aromatic nitrogens is 3. The van der Waals surface area contributed by atoms with Crippen LogP contribution in [0.15, 0.2) is 30.6 Å². The van der Waals surface area contributed by atoms with Gasteiger partial charge < -0.3 is 10.4 Å². The fourth-order valence-electron chi connectivity index (χ4n) is 1.77. The maximum Gasteiger partial charge on any atom is 0.251 e. The lowest BCUT2D eigenvalue weighted by Gasteiger charge is -2.06. The van der Waals surface area contributed by atoms with Crippen LogP contribution in [0.4, 0.5) is 0 Å². The molecule has 0 bridgehead atoms. The average Bonchev–Trinajstić information content (AvgIpc) is 2.99. The fourth-order valence-corrected chi connectivity index (χ4v) is 1.77. The summed E-state index contributed by atoms with van der Waals surface area (Å²) in [4.78, 5) is 12.1. The van der Waals surface area contributed by atoms with Gasteiger partial charge in [0, 0.05) is 23.9 Å². The Morgan fingerprint density at radius 2 is 2.33 bits per heavy atom. The smallest absolute Gasteiger partial charge is 0.251 e. The molecule has 108 valence electrons. The van der Waals surface area contributed by atoms with Crippen molar-refractivity contribution in [3.8, 4) is 11.8 Å². The minimum Gasteiger partial charge on any atom is -0.384 e. The van der Waals surface area contributed by atoms with Crippen molar-refractivity contribution >= 4 is 5.91 Å². The second-order valence-corrected chi connectivity index (χ2v) is 4.41. The normalized spacial score (nSPS) is 9.81. The first kappa shape index (κ1) is 14.8. The molecule has 0 fully saturated rings. The van der Waals surface area contributed by atoms with Gasteiger partial charge in [-0.25, -0.2) is 0 Å². The second-order valence-electron chi connectivity index (χ2n) is 4.41. The minimum atomic E-state index is -0.201. The Labute approximate surface area is 122 Å². The van der Waals surface area contributed by atoms with Crippen LogP contribution in [0.5, 0.6) is 0 Å². The number of hydrogen-bond donors (Lipinski definition) is 2. The van der Waals surface area contributed by atoms with Crippen LogP contribution in [0.25, 0.3) is 0 Å². The highest BCUT2D eigenvalue weighted by Crippen LogP contribution is 2.10. The van der Waals surface area contributed by atoms with Crippen LogP contribution in [0.3, 0.4) is 0 Å². The van der Waals surface area contributed by atoms with Crippen LogP contribution in [-0.4, -0.2) is 39.2 Å². The number of carbonyl (C=O) groups excluding carboxylic acids is 1. The first-order chi connectivity index (χ1) is 10.2. The SMILES string of the molecule is Cc1ccc(C(=O)NCCn2ccnn2)cc1C#CCO. The van der Waals surface area contributed by atoms with Crippen molar-refractivity contribution in [2.45, 2.75) is 13.5 Å². The van der Waals surface area contributed by atoms with Gasteiger partial charge in [0.15, 0.2) is 0 Å². The standard InChI is InChI=1S/C15H16N4O2/c1-12-4-5-14(11-13(12)3-2-10-20)15(21)16-6-8-19-9-7-17-18-19/h4-5,7,9,11,20H,6,8,10H2,1H3,(H,16,21). The quantitative estimate of drug-likeness (QED) is 0.795. The molecule has 6 heteroatoms. The molecule has 1 amide bonds. The summed E-state index contributed by atoms with van der Waals surface area (Å²) >= 11 is 0. The van der Waals surface area contributed by atoms with E-state index < -0.39 is 0 Å². The lowest BCUT2D eigenvalue weighted by Crippen LogP contribution is -2.27. The molecule has 0 saturated heterocycles. The number of nitrogens with zero attached hydrogens (tertiary/aromatic N) is 3. The molecular weight excluding hydrogens is 268 g/mol. The maximum absolute atomic E-state index is 12.1. The Hall–Kier alpha value is -2.65. The summed E-state index contributed by atoms with van der Waals surface area (Å²) < 4.78 is 1.65. The minimum absolute atomic E-state index is 0.165. The zero-order valence-corrected chi connectivity index (χ0v) is 11.7. The van der Waals surface area contributed by atoms with E-state index in [1.807, 2.05) is 13.0 Å². The van der Waals surface area contributed by atoms with E-state index in [9.17, 15) is 4.79 Å². The molecule has 0 aliphatic carbocycles. The molecule has 0 aliphatic rings. The Bertz CT molecular complexity index is 669. The molecule has 21 heavy (non-hydrogen) atoms. The summed E-state index contributed by atoms with van der Waals surface area (Å²) in [6.07, 6.45) is 3.33. The van der Waals surface area contributed by atoms with Crippen molar-refractivity contribution in [1.29, 1.82) is 0 Å². The lowest BCUT2D eigenvalue weighted by molar-refractivity contribution is 0.0952. The van der Waals surface area contributed by atoms with Crippen LogP contribution in [0.2, 0.25) is 0 Å². The van der Waals surface area contributed by atoms with Gasteiger partial charge in [-0.3, -0.25) is 9.48 Å². The number of carbonyl (C=O) groups is 1. The number of nitrogens with one attached hydrogen (secondary N) is 1. The van der Waals surface area contributed by atoms with E-state index in [-0.39, 0.29) is 12.5 Å². The second kappa shape index (κ2) is 7.22. The highest BCUT2D eigenvalue weighted by molar-refractivity contribution is 5.94. The van der Waals surface area contributed by atoms with Crippen LogP contribution in [0.1, 0.15) is 21.5 Å². The Balaban J connectivity index is 1.98. The lowest BCUT2D eigenvalue weighted by atomic mass is 10.0. The van der Waals surface area contributed by atoms with Crippen molar-refractivity contribution < 1.29 is 9.90 Å². The van der Waals surface area contributed by atoms with E-state index in [1.54, 1.807) is 29.2 Å². The van der Waals surface area contributed by atoms with Gasteiger partial charge >= 0.3 is 0 Å². The Kier molecular flexibility index (Phi) is 5.07. The molecule has 0 aliphatic heterocycles. The highest BCUT2D eigenvalue weighted by Gasteiger charge is 2.07. The largest absolute Gasteiger partial charge is 0.384 e. The molecule has 0 atom stereocenters. The number of aliphatic hydroxyl groups is 1. The fraction of sp³-hybridized carbons (Fsp3) is 0.267. The Morgan fingerprint density at radius 3 is 3.05 bits per heavy atom. The number of aryl methyl sites for hydroxylation is 1. The Morgan fingerprint density at radius 1 is 1.48 bits per heavy atom. The molecule has 0 radical (unpaired) electrons. The molecule has 1 heterocycles. The molecule has 1 aromatic heterocycles. The summed E-state index contributed by atoms with van der Waals surface area (Å²) in [6.45, 7) is 2.74. The van der Waals surface area contributed by atoms with Crippen LogP contribution < -0.4 is 5.32 Å². The van der Waals surface area contributed by atoms with E-state index >= 15 is 0 Å². The third-order valence-electron chi connectivity index (χ3n) is 2.90. The molecule has 2 rings (SSSR count). The molecule has 2 aromatic rings. The van der Waals surface area contributed by atoms with Gasteiger partial charge in [0.25, 0.3) is 5.91 Å². The van der Waals surface area contributed by atoms with Gasteiger partial charge in [0.2, 0.25) is 0 Å². The van der Waals surface area contributed by atoms with Crippen molar-refractivity contribution in [3.05, 3.63) is 47.3 Å². The zero-order valence-electron chi connectivity index (χ0n) is 11.7. The van der Waals surface area contributed by atoms with Gasteiger partial charge in [0.1, 0.15) is 6.61 Å². The van der Waals surface area contributed by atoms with Crippen LogP contribution in [-0.2, 0) is 6.54 Å². The van der Waals surface area contributed by atoms with Gasteiger partial charge in [0.05, 0.1) is 12.7 Å². The van der Waals surface area contributed by atoms with E-state index in [0.717, 1.165) is 11.1 Å². The maximum atomic E-state index is 12.1. The molecule has 0 saturated carbocycles. The topological polar surface area (TPSA) is 80.0 Å². The van der Waals surface area contributed by atoms with Gasteiger partial charge in [-0.05, 0) is 24.6 Å². The number of rotatable bonds is 4. The molecule has 0 spiro atoms. The molecule has 2 N–H and O–H groups in total. The third-order valence-corrected chi connectivity index (χ3v) is 2.90. The van der Waals surface area contributed by atoms with Crippen LogP contribution >= 0.6 is 0 Å². The average molecular weight is 284 g/mol. The summed E-state index contributed by atoms with van der Waals surface area (Å²) in [5, 5.41) is 19.1. The van der Waals surface area contributed by atoms with Crippen molar-refractivity contribution in [2.75, 3.05) is 13.2 Å². The number of hydrogen-bond acceptors (Lipinski definition) is 4. The van der Waals surface area contributed by atoms with Gasteiger partial charge in [-0.15, -0.1) is 5.10 Å². The van der Waals surface area contributed by atoms with E-state index in [4.69, 9.17) is 5.11 Å². The first-order valence-corrected chi connectivity index (χ1v) is 6.53. The van der Waals surface area contributed by atoms with Gasteiger partial charge in [-0.1, -0.05) is 23.1 Å². The predicted octanol–water partition coefficient (Wildman–Crippen LogP) is 0.360. The summed E-state index contributed by atoms with van der Waals surface area (Å²) in [6, 6.07) is 5.32. The molecular formula is C15H16N4O2. The number of benzene rings is 1. The van der Waals surface area contributed by atoms with E-state index in [2.05, 4.69) is 27.5 Å². The molecule has 1 aromatic carbocycles. The molecule has 6 nitrogen and oxygen atoms in total. The van der Waals surface area contributed by atoms with Crippen LogP contribution in [0, 0.1) is 18.8 Å². The first-order valence-electron chi connectivity index (χ1n) is 6.53. The van der Waals surface area contributed by atoms with E-state index in [0.29, 0.717) is 18.7 Å². The van der Waals surface area contributed by atoms with E-state index in [1.165, 1.54) is 0 Å².